The highest BCUT2D eigenvalue weighted by atomic mass is 16.5. The second-order valence-electron chi connectivity index (χ2n) is 7.70. The van der Waals surface area contributed by atoms with Crippen LogP contribution in [0.3, 0.4) is 0 Å². The SMILES string of the molecule is CC1(c2nc(-c3cncnc3)nc3c2nc2n3CCOC2(C)C)CC1. The number of nitrogens with zero attached hydrogens (tertiary/aromatic N) is 6. The first kappa shape index (κ1) is 14.9. The molecule has 3 aromatic heterocycles. The van der Waals surface area contributed by atoms with E-state index in [9.17, 15) is 0 Å². The fourth-order valence-corrected chi connectivity index (χ4v) is 3.52. The average Bonchev–Trinajstić information content (AvgIpc) is 3.24. The molecule has 0 spiro atoms. The Morgan fingerprint density at radius 3 is 2.52 bits per heavy atom. The van der Waals surface area contributed by atoms with E-state index >= 15 is 0 Å². The van der Waals surface area contributed by atoms with Crippen molar-refractivity contribution in [2.75, 3.05) is 6.61 Å². The Morgan fingerprint density at radius 1 is 1.04 bits per heavy atom. The molecule has 1 aliphatic heterocycles. The predicted octanol–water partition coefficient (Wildman–Crippen LogP) is 2.60. The van der Waals surface area contributed by atoms with Gasteiger partial charge in [0, 0.05) is 24.4 Å². The molecular formula is C18H20N6O. The standard InChI is InChI=1S/C18H20N6O/c1-17(2)16-21-12-13(18(3)4-5-18)22-14(11-8-19-10-20-9-11)23-15(12)24(16)6-7-25-17/h8-10H,4-7H2,1-3H3. The fraction of sp³-hybridized carbons (Fsp3) is 0.500. The molecule has 4 heterocycles. The maximum Gasteiger partial charge on any atom is 0.165 e. The van der Waals surface area contributed by atoms with E-state index in [1.807, 2.05) is 0 Å². The van der Waals surface area contributed by atoms with E-state index in [0.717, 1.165) is 47.6 Å². The topological polar surface area (TPSA) is 78.6 Å². The molecule has 0 unspecified atom stereocenters. The highest BCUT2D eigenvalue weighted by molar-refractivity contribution is 5.79. The van der Waals surface area contributed by atoms with Gasteiger partial charge in [-0.05, 0) is 26.7 Å². The van der Waals surface area contributed by atoms with Gasteiger partial charge >= 0.3 is 0 Å². The Bertz CT molecular complexity index is 974. The van der Waals surface area contributed by atoms with Gasteiger partial charge in [-0.1, -0.05) is 6.92 Å². The van der Waals surface area contributed by atoms with Crippen LogP contribution >= 0.6 is 0 Å². The minimum Gasteiger partial charge on any atom is -0.366 e. The van der Waals surface area contributed by atoms with Gasteiger partial charge in [0.15, 0.2) is 11.5 Å². The van der Waals surface area contributed by atoms with Crippen molar-refractivity contribution in [2.45, 2.75) is 51.2 Å². The summed E-state index contributed by atoms with van der Waals surface area (Å²) in [7, 11) is 0. The van der Waals surface area contributed by atoms with Crippen LogP contribution in [0.5, 0.6) is 0 Å². The van der Waals surface area contributed by atoms with Gasteiger partial charge in [0.05, 0.1) is 17.9 Å². The van der Waals surface area contributed by atoms with Crippen LogP contribution in [-0.4, -0.2) is 36.1 Å². The molecule has 0 aromatic carbocycles. The molecular weight excluding hydrogens is 316 g/mol. The second-order valence-corrected chi connectivity index (χ2v) is 7.70. The van der Waals surface area contributed by atoms with Crippen LogP contribution in [0.4, 0.5) is 0 Å². The molecule has 3 aromatic rings. The Balaban J connectivity index is 1.83. The van der Waals surface area contributed by atoms with Crippen molar-refractivity contribution in [1.82, 2.24) is 29.5 Å². The van der Waals surface area contributed by atoms with Gasteiger partial charge in [0.2, 0.25) is 0 Å². The normalized spacial score (nSPS) is 20.4. The van der Waals surface area contributed by atoms with Gasteiger partial charge < -0.3 is 9.30 Å². The van der Waals surface area contributed by atoms with Gasteiger partial charge in [-0.25, -0.2) is 24.9 Å². The molecule has 1 fully saturated rings. The molecule has 1 saturated carbocycles. The predicted molar refractivity (Wildman–Crippen MR) is 91.9 cm³/mol. The number of fused-ring (bicyclic) bond motifs is 3. The Labute approximate surface area is 145 Å². The van der Waals surface area contributed by atoms with Crippen LogP contribution in [0, 0.1) is 0 Å². The summed E-state index contributed by atoms with van der Waals surface area (Å²) < 4.78 is 8.11. The number of hydrogen-bond donors (Lipinski definition) is 0. The third-order valence-electron chi connectivity index (χ3n) is 5.30. The van der Waals surface area contributed by atoms with Gasteiger partial charge in [-0.3, -0.25) is 0 Å². The van der Waals surface area contributed by atoms with Gasteiger partial charge in [-0.15, -0.1) is 0 Å². The maximum atomic E-state index is 5.93. The zero-order chi connectivity index (χ0) is 17.2. The number of hydrogen-bond acceptors (Lipinski definition) is 6. The van der Waals surface area contributed by atoms with Crippen molar-refractivity contribution in [3.63, 3.8) is 0 Å². The lowest BCUT2D eigenvalue weighted by atomic mass is 10.0. The van der Waals surface area contributed by atoms with Gasteiger partial charge in [0.25, 0.3) is 0 Å². The van der Waals surface area contributed by atoms with Crippen LogP contribution in [-0.2, 0) is 22.3 Å². The molecule has 5 rings (SSSR count). The van der Waals surface area contributed by atoms with Crippen LogP contribution in [0.25, 0.3) is 22.6 Å². The third kappa shape index (κ3) is 2.18. The summed E-state index contributed by atoms with van der Waals surface area (Å²) in [6.45, 7) is 7.78. The summed E-state index contributed by atoms with van der Waals surface area (Å²) in [4.78, 5) is 22.9. The minimum atomic E-state index is -0.420. The van der Waals surface area contributed by atoms with E-state index in [-0.39, 0.29) is 5.41 Å². The van der Waals surface area contributed by atoms with Crippen LogP contribution in [0.15, 0.2) is 18.7 Å². The Hall–Kier alpha value is -2.41. The summed E-state index contributed by atoms with van der Waals surface area (Å²) >= 11 is 0. The third-order valence-corrected chi connectivity index (χ3v) is 5.30. The lowest BCUT2D eigenvalue weighted by Crippen LogP contribution is -2.33. The van der Waals surface area contributed by atoms with E-state index in [2.05, 4.69) is 35.3 Å². The van der Waals surface area contributed by atoms with Crippen molar-refractivity contribution in [1.29, 1.82) is 0 Å². The molecule has 7 nitrogen and oxygen atoms in total. The van der Waals surface area contributed by atoms with Crippen molar-refractivity contribution in [2.24, 2.45) is 0 Å². The highest BCUT2D eigenvalue weighted by Crippen LogP contribution is 2.49. The minimum absolute atomic E-state index is 0.0844. The molecule has 0 amide bonds. The van der Waals surface area contributed by atoms with Crippen molar-refractivity contribution >= 4 is 11.2 Å². The van der Waals surface area contributed by atoms with E-state index in [4.69, 9.17) is 19.7 Å². The lowest BCUT2D eigenvalue weighted by molar-refractivity contribution is -0.0530. The molecule has 0 saturated heterocycles. The Kier molecular flexibility index (Phi) is 2.87. The quantitative estimate of drug-likeness (QED) is 0.716. The summed E-state index contributed by atoms with van der Waals surface area (Å²) in [5, 5.41) is 0. The van der Waals surface area contributed by atoms with Gasteiger partial charge in [0.1, 0.15) is 23.3 Å². The molecule has 128 valence electrons. The largest absolute Gasteiger partial charge is 0.366 e. The van der Waals surface area contributed by atoms with Crippen molar-refractivity contribution in [3.05, 3.63) is 30.2 Å². The fourth-order valence-electron chi connectivity index (χ4n) is 3.52. The van der Waals surface area contributed by atoms with Crippen LogP contribution < -0.4 is 0 Å². The monoisotopic (exact) mass is 336 g/mol. The Morgan fingerprint density at radius 2 is 1.80 bits per heavy atom. The smallest absolute Gasteiger partial charge is 0.165 e. The molecule has 0 N–H and O–H groups in total. The van der Waals surface area contributed by atoms with E-state index in [1.54, 1.807) is 12.4 Å². The average molecular weight is 336 g/mol. The zero-order valence-electron chi connectivity index (χ0n) is 14.7. The lowest BCUT2D eigenvalue weighted by Gasteiger charge is -2.30. The van der Waals surface area contributed by atoms with Crippen LogP contribution in [0.1, 0.15) is 45.1 Å². The van der Waals surface area contributed by atoms with E-state index in [0.29, 0.717) is 12.4 Å². The van der Waals surface area contributed by atoms with Crippen LogP contribution in [0.2, 0.25) is 0 Å². The molecule has 0 bridgehead atoms. The number of ether oxygens (including phenoxy) is 1. The molecule has 0 radical (unpaired) electrons. The van der Waals surface area contributed by atoms with Gasteiger partial charge in [-0.2, -0.15) is 0 Å². The van der Waals surface area contributed by atoms with Crippen molar-refractivity contribution in [3.8, 4) is 11.4 Å². The summed E-state index contributed by atoms with van der Waals surface area (Å²) in [5.74, 6) is 1.60. The van der Waals surface area contributed by atoms with E-state index < -0.39 is 5.60 Å². The molecule has 7 heteroatoms. The second kappa shape index (κ2) is 4.82. The summed E-state index contributed by atoms with van der Waals surface area (Å²) in [6.07, 6.45) is 7.30. The maximum absolute atomic E-state index is 5.93. The first-order valence-corrected chi connectivity index (χ1v) is 8.67. The first-order chi connectivity index (χ1) is 12.0. The molecule has 1 aliphatic carbocycles. The molecule has 2 aliphatic rings. The van der Waals surface area contributed by atoms with E-state index in [1.165, 1.54) is 6.33 Å². The number of rotatable bonds is 2. The molecule has 0 atom stereocenters. The molecule has 25 heavy (non-hydrogen) atoms. The summed E-state index contributed by atoms with van der Waals surface area (Å²) in [5.41, 5.74) is 3.33. The van der Waals surface area contributed by atoms with Crippen molar-refractivity contribution < 1.29 is 4.74 Å². The number of aromatic nitrogens is 6. The summed E-state index contributed by atoms with van der Waals surface area (Å²) in [6, 6.07) is 0. The highest BCUT2D eigenvalue weighted by Gasteiger charge is 2.44. The zero-order valence-corrected chi connectivity index (χ0v) is 14.7. The number of imidazole rings is 1. The first-order valence-electron chi connectivity index (χ1n) is 8.67.